The molecule has 186 valence electrons. The molecule has 8 nitrogen and oxygen atoms in total. The van der Waals surface area contributed by atoms with Crippen LogP contribution in [0.5, 0.6) is 0 Å². The number of fused-ring (bicyclic) bond motifs is 1. The summed E-state index contributed by atoms with van der Waals surface area (Å²) in [6.07, 6.45) is 2.98. The molecule has 2 heterocycles. The number of hydrogen-bond acceptors (Lipinski definition) is 4. The summed E-state index contributed by atoms with van der Waals surface area (Å²) in [6.45, 7) is 2.21. The predicted molar refractivity (Wildman–Crippen MR) is 131 cm³/mol. The molecule has 1 fully saturated rings. The summed E-state index contributed by atoms with van der Waals surface area (Å²) in [5, 5.41) is 6.18. The second-order valence-corrected chi connectivity index (χ2v) is 9.74. The summed E-state index contributed by atoms with van der Waals surface area (Å²) in [6, 6.07) is 13.1. The van der Waals surface area contributed by atoms with Crippen molar-refractivity contribution in [3.8, 4) is 0 Å². The molecule has 3 amide bonds. The van der Waals surface area contributed by atoms with Gasteiger partial charge in [0.1, 0.15) is 17.1 Å². The van der Waals surface area contributed by atoms with E-state index in [1.807, 2.05) is 18.2 Å². The molecule has 1 aliphatic carbocycles. The number of carbonyl (C=O) groups is 3. The molecular weight excluding hydrogens is 485 g/mol. The zero-order chi connectivity index (χ0) is 25.4. The first-order chi connectivity index (χ1) is 17.3. The number of nitrogens with one attached hydrogen (secondary N) is 2. The maximum atomic E-state index is 13.7. The maximum Gasteiger partial charge on any atom is 0.274 e. The van der Waals surface area contributed by atoms with E-state index in [4.69, 9.17) is 11.6 Å². The first kappa shape index (κ1) is 24.0. The summed E-state index contributed by atoms with van der Waals surface area (Å²) in [5.41, 5.74) is 0.334. The Morgan fingerprint density at radius 2 is 1.92 bits per heavy atom. The molecule has 10 heteroatoms. The lowest BCUT2D eigenvalue weighted by Gasteiger charge is -2.44. The van der Waals surface area contributed by atoms with Crippen molar-refractivity contribution < 1.29 is 18.8 Å². The molecule has 0 spiro atoms. The molecule has 2 aromatic carbocycles. The van der Waals surface area contributed by atoms with Crippen LogP contribution in [0.4, 0.5) is 4.39 Å². The molecular formula is C26H25ClFN5O3. The van der Waals surface area contributed by atoms with E-state index in [1.165, 1.54) is 18.5 Å². The third-order valence-corrected chi connectivity index (χ3v) is 6.99. The predicted octanol–water partition coefficient (Wildman–Crippen LogP) is 3.30. The van der Waals surface area contributed by atoms with Gasteiger partial charge in [-0.3, -0.25) is 14.4 Å². The molecule has 0 saturated heterocycles. The Bertz CT molecular complexity index is 1350. The van der Waals surface area contributed by atoms with Crippen molar-refractivity contribution in [1.29, 1.82) is 0 Å². The fraction of sp³-hybridized carbons (Fsp3) is 0.308. The quantitative estimate of drug-likeness (QED) is 0.511. The van der Waals surface area contributed by atoms with Crippen LogP contribution in [-0.4, -0.2) is 43.8 Å². The van der Waals surface area contributed by atoms with E-state index in [0.29, 0.717) is 10.6 Å². The first-order valence-corrected chi connectivity index (χ1v) is 12.1. The highest BCUT2D eigenvalue weighted by molar-refractivity contribution is 6.31. The maximum absolute atomic E-state index is 13.7. The van der Waals surface area contributed by atoms with Gasteiger partial charge in [-0.05, 0) is 49.1 Å². The zero-order valence-electron chi connectivity index (χ0n) is 19.6. The van der Waals surface area contributed by atoms with E-state index >= 15 is 0 Å². The Morgan fingerprint density at radius 1 is 1.14 bits per heavy atom. The van der Waals surface area contributed by atoms with Crippen molar-refractivity contribution in [2.24, 2.45) is 0 Å². The lowest BCUT2D eigenvalue weighted by molar-refractivity contribution is -0.133. The van der Waals surface area contributed by atoms with Crippen molar-refractivity contribution in [2.45, 2.75) is 51.0 Å². The van der Waals surface area contributed by atoms with Crippen LogP contribution in [0.15, 0.2) is 54.9 Å². The highest BCUT2D eigenvalue weighted by atomic mass is 35.5. The van der Waals surface area contributed by atoms with Gasteiger partial charge < -0.3 is 20.1 Å². The number of amides is 3. The smallest absolute Gasteiger partial charge is 0.274 e. The number of hydrogen-bond donors (Lipinski definition) is 2. The molecule has 3 aromatic rings. The average molecular weight is 510 g/mol. The molecule has 2 aliphatic rings. The Morgan fingerprint density at radius 3 is 2.64 bits per heavy atom. The molecule has 1 unspecified atom stereocenters. The van der Waals surface area contributed by atoms with E-state index < -0.39 is 23.2 Å². The fourth-order valence-electron chi connectivity index (χ4n) is 4.64. The molecule has 1 saturated carbocycles. The van der Waals surface area contributed by atoms with Crippen molar-refractivity contribution >= 4 is 29.3 Å². The largest absolute Gasteiger partial charge is 0.350 e. The van der Waals surface area contributed by atoms with E-state index in [2.05, 4.69) is 15.6 Å². The van der Waals surface area contributed by atoms with E-state index in [0.717, 1.165) is 18.4 Å². The molecule has 1 atom stereocenters. The minimum Gasteiger partial charge on any atom is -0.350 e. The Labute approximate surface area is 212 Å². The van der Waals surface area contributed by atoms with Crippen LogP contribution in [0.2, 0.25) is 5.02 Å². The number of carbonyl (C=O) groups excluding carboxylic acids is 3. The van der Waals surface area contributed by atoms with Crippen molar-refractivity contribution in [3.63, 3.8) is 0 Å². The van der Waals surface area contributed by atoms with Crippen LogP contribution in [0.3, 0.4) is 0 Å². The van der Waals surface area contributed by atoms with Gasteiger partial charge in [-0.15, -0.1) is 0 Å². The van der Waals surface area contributed by atoms with Crippen LogP contribution in [-0.2, 0) is 24.4 Å². The number of benzene rings is 2. The van der Waals surface area contributed by atoms with Gasteiger partial charge in [0.15, 0.2) is 5.69 Å². The van der Waals surface area contributed by atoms with E-state index in [9.17, 15) is 18.8 Å². The van der Waals surface area contributed by atoms with Crippen LogP contribution in [0, 0.1) is 5.82 Å². The summed E-state index contributed by atoms with van der Waals surface area (Å²) in [4.78, 5) is 45.8. The van der Waals surface area contributed by atoms with Gasteiger partial charge in [-0.25, -0.2) is 9.37 Å². The molecule has 1 aromatic heterocycles. The third kappa shape index (κ3) is 4.46. The molecule has 0 bridgehead atoms. The number of imidazole rings is 1. The SMILES string of the molecule is CC1(C(=O)NCc2ccccc2Cl)Cn2cnc(C(=O)NCc3cccc(F)c3)c2C(=O)N1C1CC1. The zero-order valence-corrected chi connectivity index (χ0v) is 20.4. The lowest BCUT2D eigenvalue weighted by Crippen LogP contribution is -2.64. The van der Waals surface area contributed by atoms with Crippen LogP contribution in [0.1, 0.15) is 51.9 Å². The molecule has 36 heavy (non-hydrogen) atoms. The second kappa shape index (κ2) is 9.39. The summed E-state index contributed by atoms with van der Waals surface area (Å²) < 4.78 is 15.0. The Kier molecular flexibility index (Phi) is 6.26. The molecule has 5 rings (SSSR count). The second-order valence-electron chi connectivity index (χ2n) is 9.34. The van der Waals surface area contributed by atoms with Crippen LogP contribution >= 0.6 is 11.6 Å². The van der Waals surface area contributed by atoms with Gasteiger partial charge in [0.2, 0.25) is 5.91 Å². The number of aromatic nitrogens is 2. The normalized spacial score (nSPS) is 19.1. The van der Waals surface area contributed by atoms with Crippen LogP contribution in [0.25, 0.3) is 0 Å². The molecule has 1 aliphatic heterocycles. The highest BCUT2D eigenvalue weighted by Gasteiger charge is 2.53. The first-order valence-electron chi connectivity index (χ1n) is 11.7. The van der Waals surface area contributed by atoms with Gasteiger partial charge in [-0.2, -0.15) is 0 Å². The summed E-state index contributed by atoms with van der Waals surface area (Å²) in [7, 11) is 0. The monoisotopic (exact) mass is 509 g/mol. The fourth-order valence-corrected chi connectivity index (χ4v) is 4.84. The van der Waals surface area contributed by atoms with Crippen LogP contribution < -0.4 is 10.6 Å². The lowest BCUT2D eigenvalue weighted by atomic mass is 9.93. The molecule has 2 N–H and O–H groups in total. The highest BCUT2D eigenvalue weighted by Crippen LogP contribution is 2.39. The number of nitrogens with zero attached hydrogens (tertiary/aromatic N) is 3. The minimum atomic E-state index is -1.16. The number of rotatable bonds is 7. The Hall–Kier alpha value is -3.72. The van der Waals surface area contributed by atoms with Gasteiger partial charge in [-0.1, -0.05) is 41.9 Å². The average Bonchev–Trinajstić information content (AvgIpc) is 3.59. The third-order valence-electron chi connectivity index (χ3n) is 6.62. The topological polar surface area (TPSA) is 96.3 Å². The standard InChI is InChI=1S/C26H25ClFN5O3/c1-26(25(36)30-13-17-6-2-3-8-20(17)27)14-32-15-31-21(22(32)24(35)33(26)19-9-10-19)23(34)29-12-16-5-4-7-18(28)11-16/h2-8,11,15,19H,9-10,12-14H2,1H3,(H,29,34)(H,30,36). The van der Waals surface area contributed by atoms with Crippen molar-refractivity contribution in [3.05, 3.63) is 88.2 Å². The van der Waals surface area contributed by atoms with Gasteiger partial charge in [0.25, 0.3) is 11.8 Å². The van der Waals surface area contributed by atoms with Gasteiger partial charge in [0, 0.05) is 24.2 Å². The van der Waals surface area contributed by atoms with Gasteiger partial charge >= 0.3 is 0 Å². The minimum absolute atomic E-state index is 0.0134. The molecule has 0 radical (unpaired) electrons. The van der Waals surface area contributed by atoms with Gasteiger partial charge in [0.05, 0.1) is 12.9 Å². The van der Waals surface area contributed by atoms with Crippen molar-refractivity contribution in [1.82, 2.24) is 25.1 Å². The van der Waals surface area contributed by atoms with Crippen molar-refractivity contribution in [2.75, 3.05) is 0 Å². The van der Waals surface area contributed by atoms with E-state index in [-0.39, 0.29) is 43.0 Å². The summed E-state index contributed by atoms with van der Waals surface area (Å²) in [5.74, 6) is -1.65. The summed E-state index contributed by atoms with van der Waals surface area (Å²) >= 11 is 6.23. The van der Waals surface area contributed by atoms with E-state index in [1.54, 1.807) is 34.6 Å². The Balaban J connectivity index is 1.37. The number of halogens is 2.